The maximum atomic E-state index is 4.14. The summed E-state index contributed by atoms with van der Waals surface area (Å²) >= 11 is 5.11. The highest BCUT2D eigenvalue weighted by atomic mass is 79.9. The maximum Gasteiger partial charge on any atom is 0.222 e. The summed E-state index contributed by atoms with van der Waals surface area (Å²) in [6, 6.07) is 0. The summed E-state index contributed by atoms with van der Waals surface area (Å²) in [6.07, 6.45) is 5.58. The van der Waals surface area contributed by atoms with Crippen molar-refractivity contribution >= 4 is 33.6 Å². The number of anilines is 1. The van der Waals surface area contributed by atoms with Gasteiger partial charge in [0.05, 0.1) is 4.47 Å². The molecule has 0 amide bonds. The Balaban J connectivity index is 2.50. The van der Waals surface area contributed by atoms with Gasteiger partial charge in [0, 0.05) is 23.7 Å². The first kappa shape index (κ1) is 11.8. The number of nitrogens with one attached hydrogen (secondary N) is 1. The quantitative estimate of drug-likeness (QED) is 0.917. The van der Waals surface area contributed by atoms with E-state index in [1.165, 1.54) is 0 Å². The van der Waals surface area contributed by atoms with E-state index in [2.05, 4.69) is 51.3 Å². The molecular formula is C9H14BrN3S. The SMILES string of the molecule is CSC(C)(C)CNc1ncc(Br)cn1. The third kappa shape index (κ3) is 3.84. The molecule has 0 unspecified atom stereocenters. The fourth-order valence-corrected chi connectivity index (χ4v) is 1.19. The van der Waals surface area contributed by atoms with Gasteiger partial charge in [-0.2, -0.15) is 11.8 Å². The van der Waals surface area contributed by atoms with Gasteiger partial charge in [-0.25, -0.2) is 9.97 Å². The molecule has 0 aliphatic rings. The Kier molecular flexibility index (Phi) is 4.19. The smallest absolute Gasteiger partial charge is 0.222 e. The van der Waals surface area contributed by atoms with Crippen molar-refractivity contribution in [2.45, 2.75) is 18.6 Å². The van der Waals surface area contributed by atoms with Crippen LogP contribution in [0.25, 0.3) is 0 Å². The van der Waals surface area contributed by atoms with Crippen molar-refractivity contribution in [1.29, 1.82) is 0 Å². The molecule has 1 aromatic rings. The van der Waals surface area contributed by atoms with Crippen LogP contribution < -0.4 is 5.32 Å². The summed E-state index contributed by atoms with van der Waals surface area (Å²) < 4.78 is 1.10. The first-order valence-electron chi connectivity index (χ1n) is 4.30. The Labute approximate surface area is 97.2 Å². The molecule has 0 radical (unpaired) electrons. The van der Waals surface area contributed by atoms with Crippen molar-refractivity contribution in [2.75, 3.05) is 18.1 Å². The number of aromatic nitrogens is 2. The minimum atomic E-state index is 0.205. The number of hydrogen-bond donors (Lipinski definition) is 1. The molecule has 0 aliphatic heterocycles. The number of thioether (sulfide) groups is 1. The molecule has 1 heterocycles. The Morgan fingerprint density at radius 3 is 2.50 bits per heavy atom. The van der Waals surface area contributed by atoms with E-state index >= 15 is 0 Å². The van der Waals surface area contributed by atoms with Gasteiger partial charge in [0.15, 0.2) is 0 Å². The zero-order valence-electron chi connectivity index (χ0n) is 8.54. The highest BCUT2D eigenvalue weighted by molar-refractivity contribution is 9.10. The topological polar surface area (TPSA) is 37.8 Å². The van der Waals surface area contributed by atoms with E-state index in [4.69, 9.17) is 0 Å². The molecular weight excluding hydrogens is 262 g/mol. The van der Waals surface area contributed by atoms with Gasteiger partial charge in [-0.1, -0.05) is 0 Å². The van der Waals surface area contributed by atoms with Gasteiger partial charge < -0.3 is 5.32 Å². The molecule has 14 heavy (non-hydrogen) atoms. The van der Waals surface area contributed by atoms with E-state index in [9.17, 15) is 0 Å². The van der Waals surface area contributed by atoms with Gasteiger partial charge >= 0.3 is 0 Å². The molecule has 78 valence electrons. The third-order valence-corrected chi connectivity index (χ3v) is 3.50. The summed E-state index contributed by atoms with van der Waals surface area (Å²) in [4.78, 5) is 8.27. The van der Waals surface area contributed by atoms with Gasteiger partial charge in [0.25, 0.3) is 0 Å². The van der Waals surface area contributed by atoms with Crippen molar-refractivity contribution in [2.24, 2.45) is 0 Å². The highest BCUT2D eigenvalue weighted by Crippen LogP contribution is 2.20. The van der Waals surface area contributed by atoms with E-state index in [0.29, 0.717) is 5.95 Å². The summed E-state index contributed by atoms with van der Waals surface area (Å²) in [5, 5.41) is 3.20. The van der Waals surface area contributed by atoms with Crippen molar-refractivity contribution in [3.05, 3.63) is 16.9 Å². The predicted molar refractivity (Wildman–Crippen MR) is 65.8 cm³/mol. The second-order valence-corrected chi connectivity index (χ2v) is 5.97. The number of nitrogens with zero attached hydrogens (tertiary/aromatic N) is 2. The lowest BCUT2D eigenvalue weighted by molar-refractivity contribution is 0.746. The molecule has 1 aromatic heterocycles. The lowest BCUT2D eigenvalue weighted by Crippen LogP contribution is -2.26. The van der Waals surface area contributed by atoms with Gasteiger partial charge in [-0.05, 0) is 36.0 Å². The van der Waals surface area contributed by atoms with E-state index in [1.54, 1.807) is 12.4 Å². The van der Waals surface area contributed by atoms with Crippen molar-refractivity contribution in [1.82, 2.24) is 9.97 Å². The Hall–Kier alpha value is -0.290. The molecule has 5 heteroatoms. The first-order valence-corrected chi connectivity index (χ1v) is 6.32. The zero-order valence-corrected chi connectivity index (χ0v) is 10.9. The van der Waals surface area contributed by atoms with E-state index in [1.807, 2.05) is 11.8 Å². The van der Waals surface area contributed by atoms with Gasteiger partial charge in [0.2, 0.25) is 5.95 Å². The lowest BCUT2D eigenvalue weighted by Gasteiger charge is -2.21. The number of rotatable bonds is 4. The molecule has 0 spiro atoms. The van der Waals surface area contributed by atoms with E-state index in [-0.39, 0.29) is 4.75 Å². The summed E-state index contributed by atoms with van der Waals surface area (Å²) in [5.41, 5.74) is 0. The van der Waals surface area contributed by atoms with Crippen LogP contribution in [-0.2, 0) is 0 Å². The van der Waals surface area contributed by atoms with Crippen LogP contribution in [-0.4, -0.2) is 27.5 Å². The minimum absolute atomic E-state index is 0.205. The highest BCUT2D eigenvalue weighted by Gasteiger charge is 2.15. The van der Waals surface area contributed by atoms with Gasteiger partial charge in [0.1, 0.15) is 0 Å². The second-order valence-electron chi connectivity index (χ2n) is 3.54. The molecule has 0 saturated carbocycles. The van der Waals surface area contributed by atoms with Crippen LogP contribution in [0.3, 0.4) is 0 Å². The Morgan fingerprint density at radius 1 is 1.43 bits per heavy atom. The molecule has 3 nitrogen and oxygen atoms in total. The third-order valence-electron chi connectivity index (χ3n) is 1.85. The Morgan fingerprint density at radius 2 is 2.00 bits per heavy atom. The molecule has 0 atom stereocenters. The van der Waals surface area contributed by atoms with Gasteiger partial charge in [-0.15, -0.1) is 0 Å². The molecule has 0 saturated heterocycles. The summed E-state index contributed by atoms with van der Waals surface area (Å²) in [6.45, 7) is 5.23. The fourth-order valence-electron chi connectivity index (χ4n) is 0.768. The number of halogens is 1. The molecule has 0 fully saturated rings. The second kappa shape index (κ2) is 4.98. The van der Waals surface area contributed by atoms with Crippen LogP contribution in [0.15, 0.2) is 16.9 Å². The minimum Gasteiger partial charge on any atom is -0.353 e. The molecule has 0 aromatic carbocycles. The van der Waals surface area contributed by atoms with Crippen molar-refractivity contribution < 1.29 is 0 Å². The van der Waals surface area contributed by atoms with Crippen LogP contribution >= 0.6 is 27.7 Å². The van der Waals surface area contributed by atoms with E-state index in [0.717, 1.165) is 11.0 Å². The van der Waals surface area contributed by atoms with E-state index < -0.39 is 0 Å². The van der Waals surface area contributed by atoms with Crippen molar-refractivity contribution in [3.63, 3.8) is 0 Å². The average Bonchev–Trinajstić information content (AvgIpc) is 2.17. The normalized spacial score (nSPS) is 11.4. The van der Waals surface area contributed by atoms with Crippen LogP contribution in [0, 0.1) is 0 Å². The average molecular weight is 276 g/mol. The first-order chi connectivity index (χ1) is 6.53. The largest absolute Gasteiger partial charge is 0.353 e. The maximum absolute atomic E-state index is 4.14. The number of hydrogen-bond acceptors (Lipinski definition) is 4. The van der Waals surface area contributed by atoms with Crippen LogP contribution in [0.2, 0.25) is 0 Å². The Bertz CT molecular complexity index is 287. The molecule has 1 N–H and O–H groups in total. The molecule has 1 rings (SSSR count). The lowest BCUT2D eigenvalue weighted by atomic mass is 10.2. The fraction of sp³-hybridized carbons (Fsp3) is 0.556. The monoisotopic (exact) mass is 275 g/mol. The molecule has 0 aliphatic carbocycles. The van der Waals surface area contributed by atoms with Gasteiger partial charge in [-0.3, -0.25) is 0 Å². The van der Waals surface area contributed by atoms with Crippen molar-refractivity contribution in [3.8, 4) is 0 Å². The zero-order chi connectivity index (χ0) is 10.6. The summed E-state index contributed by atoms with van der Waals surface area (Å²) in [5.74, 6) is 0.676. The van der Waals surface area contributed by atoms with Crippen LogP contribution in [0.5, 0.6) is 0 Å². The predicted octanol–water partition coefficient (Wildman–Crippen LogP) is 2.79. The summed E-state index contributed by atoms with van der Waals surface area (Å²) in [7, 11) is 0. The van der Waals surface area contributed by atoms with Crippen LogP contribution in [0.1, 0.15) is 13.8 Å². The van der Waals surface area contributed by atoms with Crippen LogP contribution in [0.4, 0.5) is 5.95 Å². The standard InChI is InChI=1S/C9H14BrN3S/c1-9(2,14-3)6-13-8-11-4-7(10)5-12-8/h4-5H,6H2,1-3H3,(H,11,12,13). The molecule has 0 bridgehead atoms.